The van der Waals surface area contributed by atoms with Gasteiger partial charge < -0.3 is 9.15 Å². The number of benzene rings is 2. The van der Waals surface area contributed by atoms with E-state index in [2.05, 4.69) is 9.97 Å². The van der Waals surface area contributed by atoms with E-state index in [1.165, 1.54) is 17.8 Å². The zero-order chi connectivity index (χ0) is 21.1. The number of carbonyl (C=O) groups excluding carboxylic acids is 1. The van der Waals surface area contributed by atoms with Crippen molar-refractivity contribution in [3.8, 4) is 0 Å². The molecule has 0 aliphatic heterocycles. The van der Waals surface area contributed by atoms with Gasteiger partial charge >= 0.3 is 11.6 Å². The molecule has 4 rings (SSSR count). The highest BCUT2D eigenvalue weighted by molar-refractivity contribution is 7.99. The van der Waals surface area contributed by atoms with Gasteiger partial charge in [0.05, 0.1) is 23.0 Å². The number of esters is 1. The minimum Gasteiger partial charge on any atom is -0.460 e. The zero-order valence-electron chi connectivity index (χ0n) is 16.1. The number of nitrogens with zero attached hydrogens (tertiary/aromatic N) is 2. The maximum absolute atomic E-state index is 12.2. The van der Waals surface area contributed by atoms with Crippen molar-refractivity contribution >= 4 is 51.3 Å². The Bertz CT molecular complexity index is 1310. The molecule has 0 atom stereocenters. The maximum Gasteiger partial charge on any atom is 0.336 e. The molecule has 152 valence electrons. The van der Waals surface area contributed by atoms with Gasteiger partial charge in [-0.05, 0) is 36.2 Å². The van der Waals surface area contributed by atoms with Crippen LogP contribution in [0.4, 0.5) is 0 Å². The van der Waals surface area contributed by atoms with Crippen molar-refractivity contribution in [2.45, 2.75) is 25.0 Å². The highest BCUT2D eigenvalue weighted by atomic mass is 35.5. The fraction of sp³-hybridized carbons (Fsp3) is 0.182. The third-order valence-electron chi connectivity index (χ3n) is 4.53. The molecular weight excluding hydrogens is 424 g/mol. The summed E-state index contributed by atoms with van der Waals surface area (Å²) in [5.74, 6) is -0.347. The predicted octanol–water partition coefficient (Wildman–Crippen LogP) is 4.79. The van der Waals surface area contributed by atoms with Crippen LogP contribution in [0.3, 0.4) is 0 Å². The Hall–Kier alpha value is -2.90. The second kappa shape index (κ2) is 8.85. The van der Waals surface area contributed by atoms with E-state index in [0.29, 0.717) is 33.0 Å². The van der Waals surface area contributed by atoms with Gasteiger partial charge in [-0.3, -0.25) is 9.78 Å². The summed E-state index contributed by atoms with van der Waals surface area (Å²) in [6.45, 7) is 1.92. The number of halogens is 1. The summed E-state index contributed by atoms with van der Waals surface area (Å²) in [7, 11) is 0. The Balaban J connectivity index is 1.44. The first-order valence-corrected chi connectivity index (χ1v) is 10.6. The minimum atomic E-state index is -0.501. The van der Waals surface area contributed by atoms with Crippen LogP contribution in [0.5, 0.6) is 0 Å². The normalized spacial score (nSPS) is 11.1. The quantitative estimate of drug-likeness (QED) is 0.242. The number of hydrogen-bond acceptors (Lipinski definition) is 7. The summed E-state index contributed by atoms with van der Waals surface area (Å²) < 4.78 is 10.6. The molecule has 6 nitrogen and oxygen atoms in total. The van der Waals surface area contributed by atoms with Crippen LogP contribution in [-0.4, -0.2) is 21.7 Å². The third kappa shape index (κ3) is 4.47. The average Bonchev–Trinajstić information content (AvgIpc) is 2.75. The van der Waals surface area contributed by atoms with Crippen molar-refractivity contribution in [3.05, 3.63) is 75.2 Å². The minimum absolute atomic E-state index is 0.0489. The molecule has 0 N–H and O–H groups in total. The van der Waals surface area contributed by atoms with Crippen LogP contribution in [0.2, 0.25) is 5.02 Å². The molecule has 8 heteroatoms. The first-order chi connectivity index (χ1) is 14.5. The second-order valence-electron chi connectivity index (χ2n) is 6.53. The first kappa shape index (κ1) is 20.4. The van der Waals surface area contributed by atoms with E-state index in [1.807, 2.05) is 31.2 Å². The molecule has 2 aromatic carbocycles. The van der Waals surface area contributed by atoms with Crippen LogP contribution in [0.25, 0.3) is 22.0 Å². The van der Waals surface area contributed by atoms with E-state index < -0.39 is 11.6 Å². The summed E-state index contributed by atoms with van der Waals surface area (Å²) >= 11 is 7.54. The van der Waals surface area contributed by atoms with E-state index in [9.17, 15) is 9.59 Å². The molecule has 0 aliphatic carbocycles. The Morgan fingerprint density at radius 1 is 1.17 bits per heavy atom. The van der Waals surface area contributed by atoms with Crippen molar-refractivity contribution in [1.29, 1.82) is 0 Å². The summed E-state index contributed by atoms with van der Waals surface area (Å²) in [6, 6.07) is 12.3. The van der Waals surface area contributed by atoms with E-state index in [0.717, 1.165) is 16.6 Å². The second-order valence-corrected chi connectivity index (χ2v) is 7.93. The number of thioether (sulfide) groups is 1. The van der Waals surface area contributed by atoms with Crippen LogP contribution < -0.4 is 5.63 Å². The van der Waals surface area contributed by atoms with Gasteiger partial charge in [-0.15, -0.1) is 0 Å². The number of hydrogen-bond donors (Lipinski definition) is 0. The van der Waals surface area contributed by atoms with E-state index in [-0.39, 0.29) is 12.4 Å². The molecule has 0 aliphatic rings. The largest absolute Gasteiger partial charge is 0.460 e. The van der Waals surface area contributed by atoms with Gasteiger partial charge in [-0.25, -0.2) is 9.78 Å². The molecule has 0 unspecified atom stereocenters. The summed E-state index contributed by atoms with van der Waals surface area (Å²) in [5.41, 5.74) is 2.92. The molecular formula is C22H17ClN2O4S. The number of aryl methyl sites for hydroxylation is 1. The Labute approximate surface area is 181 Å². The topological polar surface area (TPSA) is 82.3 Å². The van der Waals surface area contributed by atoms with Crippen molar-refractivity contribution < 1.29 is 13.9 Å². The SMILES string of the molecule is CCc1cc2oc(=O)cc(COC(=O)CSc3cnc4ccccc4n3)c2cc1Cl. The van der Waals surface area contributed by atoms with E-state index in [4.69, 9.17) is 20.8 Å². The molecule has 0 radical (unpaired) electrons. The van der Waals surface area contributed by atoms with Crippen LogP contribution in [0.1, 0.15) is 18.1 Å². The average molecular weight is 441 g/mol. The lowest BCUT2D eigenvalue weighted by atomic mass is 10.1. The molecule has 4 aromatic rings. The summed E-state index contributed by atoms with van der Waals surface area (Å²) in [5, 5.41) is 1.87. The fourth-order valence-electron chi connectivity index (χ4n) is 3.02. The number of carbonyl (C=O) groups is 1. The predicted molar refractivity (Wildman–Crippen MR) is 117 cm³/mol. The third-order valence-corrected chi connectivity index (χ3v) is 5.76. The van der Waals surface area contributed by atoms with Gasteiger partial charge in [0.15, 0.2) is 0 Å². The number of para-hydroxylation sites is 2. The fourth-order valence-corrected chi connectivity index (χ4v) is 3.96. The number of rotatable bonds is 6. The number of ether oxygens (including phenoxy) is 1. The Morgan fingerprint density at radius 3 is 2.77 bits per heavy atom. The van der Waals surface area contributed by atoms with Gasteiger partial charge in [-0.2, -0.15) is 0 Å². The van der Waals surface area contributed by atoms with Crippen molar-refractivity contribution in [1.82, 2.24) is 9.97 Å². The molecule has 2 heterocycles. The molecule has 30 heavy (non-hydrogen) atoms. The van der Waals surface area contributed by atoms with Gasteiger partial charge in [0.25, 0.3) is 0 Å². The molecule has 0 bridgehead atoms. The van der Waals surface area contributed by atoms with Crippen LogP contribution in [-0.2, 0) is 22.6 Å². The molecule has 0 spiro atoms. The Morgan fingerprint density at radius 2 is 1.97 bits per heavy atom. The maximum atomic E-state index is 12.2. The van der Waals surface area contributed by atoms with Crippen LogP contribution in [0, 0.1) is 0 Å². The van der Waals surface area contributed by atoms with Gasteiger partial charge in [0, 0.05) is 22.0 Å². The lowest BCUT2D eigenvalue weighted by Gasteiger charge is -2.09. The molecule has 0 amide bonds. The number of fused-ring (bicyclic) bond motifs is 2. The van der Waals surface area contributed by atoms with Crippen LogP contribution in [0.15, 0.2) is 62.9 Å². The molecule has 2 aromatic heterocycles. The van der Waals surface area contributed by atoms with E-state index in [1.54, 1.807) is 18.3 Å². The van der Waals surface area contributed by atoms with Gasteiger partial charge in [0.1, 0.15) is 17.2 Å². The highest BCUT2D eigenvalue weighted by Gasteiger charge is 2.12. The monoisotopic (exact) mass is 440 g/mol. The molecule has 0 fully saturated rings. The summed E-state index contributed by atoms with van der Waals surface area (Å²) in [4.78, 5) is 32.9. The van der Waals surface area contributed by atoms with Gasteiger partial charge in [-0.1, -0.05) is 42.4 Å². The van der Waals surface area contributed by atoms with E-state index >= 15 is 0 Å². The lowest BCUT2D eigenvalue weighted by molar-refractivity contribution is -0.141. The van der Waals surface area contributed by atoms with Crippen molar-refractivity contribution in [2.24, 2.45) is 0 Å². The van der Waals surface area contributed by atoms with Crippen molar-refractivity contribution in [3.63, 3.8) is 0 Å². The highest BCUT2D eigenvalue weighted by Crippen LogP contribution is 2.26. The number of aromatic nitrogens is 2. The lowest BCUT2D eigenvalue weighted by Crippen LogP contribution is -2.09. The first-order valence-electron chi connectivity index (χ1n) is 9.29. The van der Waals surface area contributed by atoms with Crippen molar-refractivity contribution in [2.75, 3.05) is 5.75 Å². The zero-order valence-corrected chi connectivity index (χ0v) is 17.6. The molecule has 0 saturated carbocycles. The Kier molecular flexibility index (Phi) is 6.01. The van der Waals surface area contributed by atoms with Gasteiger partial charge in [0.2, 0.25) is 0 Å². The standard InChI is InChI=1S/C22H17ClN2O4S/c1-2-13-7-19-15(9-16(13)23)14(8-21(26)29-19)11-28-22(27)12-30-20-10-24-17-5-3-4-6-18(17)25-20/h3-10H,2,11-12H2,1H3. The van der Waals surface area contributed by atoms with Crippen LogP contribution >= 0.6 is 23.4 Å². The summed E-state index contributed by atoms with van der Waals surface area (Å²) in [6.07, 6.45) is 2.34. The smallest absolute Gasteiger partial charge is 0.336 e. The molecule has 0 saturated heterocycles.